The van der Waals surface area contributed by atoms with Crippen LogP contribution in [0.2, 0.25) is 5.02 Å². The second kappa shape index (κ2) is 4.42. The third-order valence-electron chi connectivity index (χ3n) is 1.70. The number of anilines is 1. The smallest absolute Gasteiger partial charge is 0.176 e. The molecule has 1 aromatic carbocycles. The van der Waals surface area contributed by atoms with Crippen LogP contribution in [0.5, 0.6) is 11.5 Å². The Hall–Kier alpha value is -1.09. The molecule has 0 aromatic heterocycles. The standard InChI is InChI=1S/C10H14ClNO2/c1-6(2)12-7-4-8(11)10(13)9(5-7)14-3/h4-6,12-13H,1-3H3. The molecule has 0 aliphatic rings. The van der Waals surface area contributed by atoms with E-state index in [1.807, 2.05) is 13.8 Å². The summed E-state index contributed by atoms with van der Waals surface area (Å²) in [4.78, 5) is 0. The van der Waals surface area contributed by atoms with Gasteiger partial charge in [0.2, 0.25) is 0 Å². The van der Waals surface area contributed by atoms with Crippen molar-refractivity contribution in [3.05, 3.63) is 17.2 Å². The Labute approximate surface area is 88.7 Å². The Morgan fingerprint density at radius 1 is 1.43 bits per heavy atom. The molecule has 1 aromatic rings. The minimum atomic E-state index is -0.0246. The summed E-state index contributed by atoms with van der Waals surface area (Å²) in [5.41, 5.74) is 0.833. The number of benzene rings is 1. The molecule has 0 atom stereocenters. The summed E-state index contributed by atoms with van der Waals surface area (Å²) in [6.07, 6.45) is 0. The van der Waals surface area contributed by atoms with Gasteiger partial charge in [-0.15, -0.1) is 0 Å². The number of methoxy groups -OCH3 is 1. The van der Waals surface area contributed by atoms with Crippen molar-refractivity contribution in [2.75, 3.05) is 12.4 Å². The Morgan fingerprint density at radius 3 is 2.57 bits per heavy atom. The van der Waals surface area contributed by atoms with Crippen LogP contribution in [0.3, 0.4) is 0 Å². The topological polar surface area (TPSA) is 41.5 Å². The number of halogens is 1. The zero-order chi connectivity index (χ0) is 10.7. The van der Waals surface area contributed by atoms with E-state index in [1.54, 1.807) is 12.1 Å². The Balaban J connectivity index is 3.03. The second-order valence-electron chi connectivity index (χ2n) is 3.31. The van der Waals surface area contributed by atoms with Gasteiger partial charge >= 0.3 is 0 Å². The average molecular weight is 216 g/mol. The van der Waals surface area contributed by atoms with Crippen molar-refractivity contribution in [2.45, 2.75) is 19.9 Å². The summed E-state index contributed by atoms with van der Waals surface area (Å²) in [6, 6.07) is 3.68. The maximum absolute atomic E-state index is 9.47. The van der Waals surface area contributed by atoms with Crippen molar-refractivity contribution in [1.29, 1.82) is 0 Å². The van der Waals surface area contributed by atoms with Crippen LogP contribution in [-0.4, -0.2) is 18.3 Å². The molecule has 0 spiro atoms. The van der Waals surface area contributed by atoms with E-state index in [-0.39, 0.29) is 10.8 Å². The molecule has 0 saturated heterocycles. The quantitative estimate of drug-likeness (QED) is 0.762. The van der Waals surface area contributed by atoms with Gasteiger partial charge < -0.3 is 15.2 Å². The molecule has 0 radical (unpaired) electrons. The SMILES string of the molecule is COc1cc(NC(C)C)cc(Cl)c1O. The number of hydrogen-bond acceptors (Lipinski definition) is 3. The van der Waals surface area contributed by atoms with E-state index in [0.29, 0.717) is 11.8 Å². The first kappa shape index (κ1) is 11.0. The highest BCUT2D eigenvalue weighted by Crippen LogP contribution is 2.36. The van der Waals surface area contributed by atoms with Gasteiger partial charge in [-0.05, 0) is 19.9 Å². The van der Waals surface area contributed by atoms with Crippen molar-refractivity contribution >= 4 is 17.3 Å². The van der Waals surface area contributed by atoms with E-state index >= 15 is 0 Å². The van der Waals surface area contributed by atoms with Crippen LogP contribution < -0.4 is 10.1 Å². The molecule has 0 aliphatic carbocycles. The van der Waals surface area contributed by atoms with Gasteiger partial charge in [0, 0.05) is 17.8 Å². The van der Waals surface area contributed by atoms with Crippen LogP contribution in [0.15, 0.2) is 12.1 Å². The van der Waals surface area contributed by atoms with E-state index in [2.05, 4.69) is 5.32 Å². The fraction of sp³-hybridized carbons (Fsp3) is 0.400. The third kappa shape index (κ3) is 2.45. The minimum Gasteiger partial charge on any atom is -0.503 e. The lowest BCUT2D eigenvalue weighted by molar-refractivity contribution is 0.374. The van der Waals surface area contributed by atoms with Gasteiger partial charge in [0.05, 0.1) is 12.1 Å². The normalized spacial score (nSPS) is 10.4. The molecular formula is C10H14ClNO2. The molecule has 3 nitrogen and oxygen atoms in total. The van der Waals surface area contributed by atoms with Gasteiger partial charge in [0.15, 0.2) is 11.5 Å². The number of rotatable bonds is 3. The summed E-state index contributed by atoms with van der Waals surface area (Å²) < 4.78 is 4.97. The number of nitrogens with one attached hydrogen (secondary N) is 1. The van der Waals surface area contributed by atoms with Crippen molar-refractivity contribution in [2.24, 2.45) is 0 Å². The summed E-state index contributed by atoms with van der Waals surface area (Å²) >= 11 is 5.81. The first-order valence-corrected chi connectivity index (χ1v) is 4.75. The molecule has 4 heteroatoms. The zero-order valence-electron chi connectivity index (χ0n) is 8.47. The number of aromatic hydroxyl groups is 1. The lowest BCUT2D eigenvalue weighted by Gasteiger charge is -2.12. The largest absolute Gasteiger partial charge is 0.503 e. The van der Waals surface area contributed by atoms with E-state index in [4.69, 9.17) is 16.3 Å². The van der Waals surface area contributed by atoms with E-state index in [0.717, 1.165) is 5.69 Å². The highest BCUT2D eigenvalue weighted by molar-refractivity contribution is 6.32. The van der Waals surface area contributed by atoms with Gasteiger partial charge in [0.1, 0.15) is 0 Å². The summed E-state index contributed by atoms with van der Waals surface area (Å²) in [5.74, 6) is 0.351. The maximum Gasteiger partial charge on any atom is 0.176 e. The minimum absolute atomic E-state index is 0.0246. The predicted octanol–water partition coefficient (Wildman–Crippen LogP) is 2.87. The number of ether oxygens (including phenoxy) is 1. The van der Waals surface area contributed by atoms with Crippen LogP contribution in [0.25, 0.3) is 0 Å². The summed E-state index contributed by atoms with van der Waals surface area (Å²) in [6.45, 7) is 4.04. The van der Waals surface area contributed by atoms with Gasteiger partial charge in [-0.1, -0.05) is 11.6 Å². The predicted molar refractivity (Wildman–Crippen MR) is 58.4 cm³/mol. The van der Waals surface area contributed by atoms with Crippen LogP contribution in [-0.2, 0) is 0 Å². The van der Waals surface area contributed by atoms with E-state index in [9.17, 15) is 5.11 Å². The van der Waals surface area contributed by atoms with Crippen molar-refractivity contribution in [1.82, 2.24) is 0 Å². The molecule has 0 amide bonds. The fourth-order valence-electron chi connectivity index (χ4n) is 1.15. The zero-order valence-corrected chi connectivity index (χ0v) is 9.22. The van der Waals surface area contributed by atoms with Crippen LogP contribution in [0, 0.1) is 0 Å². The third-order valence-corrected chi connectivity index (χ3v) is 1.99. The molecule has 0 saturated carbocycles. The molecule has 0 heterocycles. The first-order valence-electron chi connectivity index (χ1n) is 4.37. The van der Waals surface area contributed by atoms with Gasteiger partial charge in [0.25, 0.3) is 0 Å². The number of phenolic OH excluding ortho intramolecular Hbond substituents is 1. The second-order valence-corrected chi connectivity index (χ2v) is 3.72. The average Bonchev–Trinajstić information content (AvgIpc) is 2.10. The lowest BCUT2D eigenvalue weighted by Crippen LogP contribution is -2.09. The van der Waals surface area contributed by atoms with Crippen LogP contribution in [0.4, 0.5) is 5.69 Å². The van der Waals surface area contributed by atoms with Crippen molar-refractivity contribution < 1.29 is 9.84 Å². The number of phenols is 1. The van der Waals surface area contributed by atoms with Gasteiger partial charge in [-0.2, -0.15) is 0 Å². The number of hydrogen-bond donors (Lipinski definition) is 2. The van der Waals surface area contributed by atoms with Gasteiger partial charge in [-0.25, -0.2) is 0 Å². The summed E-state index contributed by atoms with van der Waals surface area (Å²) in [7, 11) is 1.49. The first-order chi connectivity index (χ1) is 6.54. The van der Waals surface area contributed by atoms with Crippen LogP contribution in [0.1, 0.15) is 13.8 Å². The molecule has 78 valence electrons. The van der Waals surface area contributed by atoms with E-state index < -0.39 is 0 Å². The van der Waals surface area contributed by atoms with Crippen molar-refractivity contribution in [3.63, 3.8) is 0 Å². The molecule has 0 bridgehead atoms. The molecular weight excluding hydrogens is 202 g/mol. The lowest BCUT2D eigenvalue weighted by atomic mass is 10.2. The highest BCUT2D eigenvalue weighted by atomic mass is 35.5. The highest BCUT2D eigenvalue weighted by Gasteiger charge is 2.08. The Bertz CT molecular complexity index is 326. The Kier molecular flexibility index (Phi) is 3.47. The fourth-order valence-corrected chi connectivity index (χ4v) is 1.36. The monoisotopic (exact) mass is 215 g/mol. The molecule has 0 unspecified atom stereocenters. The van der Waals surface area contributed by atoms with E-state index in [1.165, 1.54) is 7.11 Å². The molecule has 0 aliphatic heterocycles. The molecule has 0 fully saturated rings. The summed E-state index contributed by atoms with van der Waals surface area (Å²) in [5, 5.41) is 12.9. The Morgan fingerprint density at radius 2 is 2.07 bits per heavy atom. The molecule has 14 heavy (non-hydrogen) atoms. The molecule has 1 rings (SSSR count). The van der Waals surface area contributed by atoms with Crippen molar-refractivity contribution in [3.8, 4) is 11.5 Å². The molecule has 2 N–H and O–H groups in total. The van der Waals surface area contributed by atoms with Crippen LogP contribution >= 0.6 is 11.6 Å². The maximum atomic E-state index is 9.47. The van der Waals surface area contributed by atoms with Gasteiger partial charge in [-0.3, -0.25) is 0 Å².